The molecule has 0 spiro atoms. The van der Waals surface area contributed by atoms with E-state index in [1.807, 2.05) is 24.3 Å². The van der Waals surface area contributed by atoms with Crippen LogP contribution in [0.25, 0.3) is 43.8 Å². The second-order valence-corrected chi connectivity index (χ2v) is 12.9. The first-order valence-electron chi connectivity index (χ1n) is 18.2. The lowest BCUT2D eigenvalue weighted by molar-refractivity contribution is 1.28. The zero-order valence-corrected chi connectivity index (χ0v) is 28.6. The molecule has 0 bridgehead atoms. The topological polar surface area (TPSA) is 6.48 Å². The third-order valence-electron chi connectivity index (χ3n) is 9.77. The lowest BCUT2D eigenvalue weighted by atomic mass is 9.98. The molecule has 2 nitrogen and oxygen atoms in total. The number of anilines is 6. The van der Waals surface area contributed by atoms with Gasteiger partial charge in [-0.05, 0) is 105 Å². The zero-order valence-electron chi connectivity index (χ0n) is 29.6. The van der Waals surface area contributed by atoms with E-state index in [0.29, 0.717) is 6.04 Å². The Morgan fingerprint density at radius 1 is 0.288 bits per heavy atom. The maximum absolute atomic E-state index is 8.35. The van der Waals surface area contributed by atoms with Crippen molar-refractivity contribution in [2.45, 2.75) is 0 Å². The molecular weight excluding hydrogens is 629 g/mol. The monoisotopic (exact) mass is 666 g/mol. The summed E-state index contributed by atoms with van der Waals surface area (Å²) in [5.74, 6) is 0. The van der Waals surface area contributed by atoms with Gasteiger partial charge in [0, 0.05) is 33.8 Å². The summed E-state index contributed by atoms with van der Waals surface area (Å²) in [5.41, 5.74) is 11.0. The Morgan fingerprint density at radius 3 is 1.27 bits per heavy atom. The van der Waals surface area contributed by atoms with Gasteiger partial charge in [0.05, 0.1) is 7.06 Å². The molecule has 0 saturated heterocycles. The van der Waals surface area contributed by atoms with Crippen LogP contribution >= 0.6 is 0 Å². The summed E-state index contributed by atoms with van der Waals surface area (Å²) < 4.78 is 8.35. The molecular formula is C50H36N2. The van der Waals surface area contributed by atoms with Gasteiger partial charge in [-0.15, -0.1) is 0 Å². The Morgan fingerprint density at radius 2 is 0.692 bits per heavy atom. The Hall–Kier alpha value is -6.90. The molecule has 0 fully saturated rings. The van der Waals surface area contributed by atoms with Crippen molar-refractivity contribution in [1.29, 1.82) is 0 Å². The molecule has 246 valence electrons. The maximum atomic E-state index is 8.35. The Bertz CT molecular complexity index is 2650. The van der Waals surface area contributed by atoms with Crippen LogP contribution in [0.5, 0.6) is 0 Å². The zero-order chi connectivity index (χ0) is 35.6. The highest BCUT2D eigenvalue weighted by Gasteiger charge is 2.18. The molecule has 52 heavy (non-hydrogen) atoms. The van der Waals surface area contributed by atoms with Crippen molar-refractivity contribution in [3.8, 4) is 22.3 Å². The van der Waals surface area contributed by atoms with Gasteiger partial charge in [-0.2, -0.15) is 0 Å². The Kier molecular flexibility index (Phi) is 7.94. The molecule has 0 radical (unpaired) electrons. The van der Waals surface area contributed by atoms with Crippen LogP contribution < -0.4 is 9.80 Å². The first-order chi connectivity index (χ1) is 26.2. The quantitative estimate of drug-likeness (QED) is 0.149. The van der Waals surface area contributed by atoms with Gasteiger partial charge in [0.25, 0.3) is 0 Å². The minimum Gasteiger partial charge on any atom is -0.311 e. The molecule has 0 aliphatic heterocycles. The number of para-hydroxylation sites is 2. The van der Waals surface area contributed by atoms with Gasteiger partial charge >= 0.3 is 0 Å². The van der Waals surface area contributed by atoms with Gasteiger partial charge < -0.3 is 9.80 Å². The summed E-state index contributed by atoms with van der Waals surface area (Å²) in [7, 11) is 0. The number of fused-ring (bicyclic) bond motifs is 3. The Labute approximate surface area is 306 Å². The van der Waals surface area contributed by atoms with Crippen molar-refractivity contribution in [2.24, 2.45) is 0 Å². The predicted octanol–water partition coefficient (Wildman–Crippen LogP) is 14.3. The van der Waals surface area contributed by atoms with E-state index in [4.69, 9.17) is 1.37 Å². The highest BCUT2D eigenvalue weighted by Crippen LogP contribution is 2.43. The fourth-order valence-electron chi connectivity index (χ4n) is 7.23. The lowest BCUT2D eigenvalue weighted by Gasteiger charge is -2.28. The minimum atomic E-state index is 0.478. The first-order valence-corrected chi connectivity index (χ1v) is 17.7. The van der Waals surface area contributed by atoms with E-state index in [9.17, 15) is 0 Å². The average molecular weight is 667 g/mol. The van der Waals surface area contributed by atoms with Crippen LogP contribution in [0.3, 0.4) is 0 Å². The molecule has 0 heterocycles. The van der Waals surface area contributed by atoms with Crippen LogP contribution in [-0.4, -0.2) is 0 Å². The molecule has 0 unspecified atom stereocenters. The molecule has 9 aromatic carbocycles. The van der Waals surface area contributed by atoms with Crippen molar-refractivity contribution in [3.63, 3.8) is 0 Å². The molecule has 0 aliphatic carbocycles. The van der Waals surface area contributed by atoms with Crippen molar-refractivity contribution in [2.75, 3.05) is 9.80 Å². The molecule has 0 amide bonds. The predicted molar refractivity (Wildman–Crippen MR) is 222 cm³/mol. The van der Waals surface area contributed by atoms with E-state index in [1.165, 1.54) is 32.7 Å². The average Bonchev–Trinajstić information content (AvgIpc) is 3.23. The van der Waals surface area contributed by atoms with E-state index < -0.39 is 0 Å². The first kappa shape index (κ1) is 30.0. The number of benzene rings is 9. The van der Waals surface area contributed by atoms with E-state index in [1.54, 1.807) is 0 Å². The van der Waals surface area contributed by atoms with Crippen LogP contribution in [0.15, 0.2) is 218 Å². The highest BCUT2D eigenvalue weighted by molar-refractivity contribution is 6.14. The highest BCUT2D eigenvalue weighted by atomic mass is 15.1. The number of rotatable bonds is 8. The lowest BCUT2D eigenvalue weighted by Crippen LogP contribution is -2.10. The van der Waals surface area contributed by atoms with Crippen LogP contribution in [0.4, 0.5) is 34.1 Å². The normalized spacial score (nSPS) is 11.3. The van der Waals surface area contributed by atoms with Gasteiger partial charge in [-0.25, -0.2) is 0 Å². The summed E-state index contributed by atoms with van der Waals surface area (Å²) in [6, 6.07) is 75.1. The van der Waals surface area contributed by atoms with Gasteiger partial charge in [-0.3, -0.25) is 0 Å². The molecule has 9 aromatic rings. The summed E-state index contributed by atoms with van der Waals surface area (Å²) in [6.07, 6.45) is 0. The van der Waals surface area contributed by atoms with Crippen molar-refractivity contribution >= 4 is 55.7 Å². The smallest absolute Gasteiger partial charge is 0.0623 e. The number of hydrogen-bond donors (Lipinski definition) is 0. The second-order valence-electron chi connectivity index (χ2n) is 12.9. The second kappa shape index (κ2) is 13.8. The fraction of sp³-hybridized carbons (Fsp3) is 0. The van der Waals surface area contributed by atoms with Crippen molar-refractivity contribution in [1.82, 2.24) is 0 Å². The van der Waals surface area contributed by atoms with E-state index in [2.05, 4.69) is 198 Å². The van der Waals surface area contributed by atoms with Crippen LogP contribution in [-0.2, 0) is 0 Å². The van der Waals surface area contributed by atoms with Crippen molar-refractivity contribution < 1.29 is 1.37 Å². The molecule has 0 saturated carbocycles. The molecule has 2 heteroatoms. The van der Waals surface area contributed by atoms with E-state index in [-0.39, 0.29) is 0 Å². The summed E-state index contributed by atoms with van der Waals surface area (Å²) >= 11 is 0. The SMILES string of the molecule is [3H]c1cccc(N(c2ccc(-c3ccccc3)cc2)c2ccc(-c3ccc(N(c4ccccc4)c4cc5ccccc5c5ccccc45)cc3)cc2)c1. The molecule has 0 aromatic heterocycles. The molecule has 0 N–H and O–H groups in total. The largest absolute Gasteiger partial charge is 0.311 e. The van der Waals surface area contributed by atoms with Crippen LogP contribution in [0.1, 0.15) is 1.37 Å². The number of hydrogen-bond acceptors (Lipinski definition) is 2. The van der Waals surface area contributed by atoms with Crippen LogP contribution in [0.2, 0.25) is 0 Å². The van der Waals surface area contributed by atoms with Crippen molar-refractivity contribution in [3.05, 3.63) is 218 Å². The summed E-state index contributed by atoms with van der Waals surface area (Å²) in [6.45, 7) is 0. The summed E-state index contributed by atoms with van der Waals surface area (Å²) in [5, 5.41) is 4.93. The third kappa shape index (κ3) is 5.97. The van der Waals surface area contributed by atoms with Gasteiger partial charge in [0.2, 0.25) is 0 Å². The standard InChI is InChI=1S/C50H36N2/c1-4-14-37(15-5-1)38-24-30-44(31-25-38)51(42-17-6-2-7-18-42)45-32-26-39(27-33-45)40-28-34-46(35-29-40)52(43-19-8-3-9-20-43)50-36-41-16-10-11-21-47(41)48-22-12-13-23-49(48)50/h1-36H/i6T. The number of nitrogens with zero attached hydrogens (tertiary/aromatic N) is 2. The Balaban J connectivity index is 1.07. The van der Waals surface area contributed by atoms with E-state index in [0.717, 1.165) is 45.3 Å². The van der Waals surface area contributed by atoms with Gasteiger partial charge in [0.15, 0.2) is 0 Å². The summed E-state index contributed by atoms with van der Waals surface area (Å²) in [4.78, 5) is 4.58. The van der Waals surface area contributed by atoms with Crippen LogP contribution in [0, 0.1) is 0 Å². The van der Waals surface area contributed by atoms with Gasteiger partial charge in [0.1, 0.15) is 0 Å². The van der Waals surface area contributed by atoms with E-state index >= 15 is 0 Å². The maximum Gasteiger partial charge on any atom is 0.0623 e. The molecule has 9 rings (SSSR count). The third-order valence-corrected chi connectivity index (χ3v) is 9.77. The molecule has 0 atom stereocenters. The minimum absolute atomic E-state index is 0.478. The molecule has 0 aliphatic rings. The fourth-order valence-corrected chi connectivity index (χ4v) is 7.23. The van der Waals surface area contributed by atoms with Gasteiger partial charge in [-0.1, -0.05) is 152 Å².